The number of pyridine rings is 1. The summed E-state index contributed by atoms with van der Waals surface area (Å²) in [6.45, 7) is 4.10. The largest absolute Gasteiger partial charge is 0.470 e. The third-order valence-electron chi connectivity index (χ3n) is 4.90. The second kappa shape index (κ2) is 5.19. The van der Waals surface area contributed by atoms with Crippen molar-refractivity contribution in [2.45, 2.75) is 31.3 Å². The summed E-state index contributed by atoms with van der Waals surface area (Å²) in [6, 6.07) is 4.12. The Labute approximate surface area is 137 Å². The molecule has 2 aliphatic heterocycles. The van der Waals surface area contributed by atoms with E-state index in [2.05, 4.69) is 48.8 Å². The molecule has 1 atom stereocenters. The van der Waals surface area contributed by atoms with Crippen LogP contribution in [-0.4, -0.2) is 33.6 Å². The zero-order valence-electron chi connectivity index (χ0n) is 12.4. The molecule has 0 aliphatic carbocycles. The minimum absolute atomic E-state index is 0.115. The molecule has 4 rings (SSSR count). The van der Waals surface area contributed by atoms with Gasteiger partial charge in [0.25, 0.3) is 0 Å². The van der Waals surface area contributed by atoms with E-state index in [1.165, 1.54) is 5.56 Å². The number of aromatic nitrogens is 3. The SMILES string of the molecule is C[C@@H]1c2cccnc2OC12CCN(c1cnc(Br)cn1)CC2. The molecule has 6 heteroatoms. The monoisotopic (exact) mass is 360 g/mol. The van der Waals surface area contributed by atoms with Crippen molar-refractivity contribution >= 4 is 21.7 Å². The number of hydrogen-bond donors (Lipinski definition) is 0. The van der Waals surface area contributed by atoms with Gasteiger partial charge in [-0.05, 0) is 22.0 Å². The summed E-state index contributed by atoms with van der Waals surface area (Å²) < 4.78 is 7.03. The molecule has 2 aliphatic rings. The molecule has 22 heavy (non-hydrogen) atoms. The standard InChI is InChI=1S/C16H17BrN4O/c1-11-12-3-2-6-18-15(12)22-16(11)4-7-21(8-5-16)14-10-19-13(17)9-20-14/h2-3,6,9-11H,4-5,7-8H2,1H3/t11-/m1/s1. The van der Waals surface area contributed by atoms with Crippen molar-refractivity contribution in [1.82, 2.24) is 15.0 Å². The third-order valence-corrected chi connectivity index (χ3v) is 5.31. The highest BCUT2D eigenvalue weighted by Crippen LogP contribution is 2.48. The highest BCUT2D eigenvalue weighted by molar-refractivity contribution is 9.10. The lowest BCUT2D eigenvalue weighted by Crippen LogP contribution is -2.49. The minimum Gasteiger partial charge on any atom is -0.470 e. The van der Waals surface area contributed by atoms with Gasteiger partial charge in [0, 0.05) is 43.6 Å². The Bertz CT molecular complexity index is 683. The first-order valence-electron chi connectivity index (χ1n) is 7.54. The van der Waals surface area contributed by atoms with Crippen molar-refractivity contribution in [3.63, 3.8) is 0 Å². The first kappa shape index (κ1) is 13.9. The van der Waals surface area contributed by atoms with Gasteiger partial charge in [-0.25, -0.2) is 15.0 Å². The number of anilines is 1. The van der Waals surface area contributed by atoms with E-state index >= 15 is 0 Å². The van der Waals surface area contributed by atoms with Crippen LogP contribution >= 0.6 is 15.9 Å². The van der Waals surface area contributed by atoms with Crippen molar-refractivity contribution in [3.8, 4) is 5.88 Å². The number of piperidine rings is 1. The van der Waals surface area contributed by atoms with Gasteiger partial charge in [-0.3, -0.25) is 0 Å². The molecule has 114 valence electrons. The Morgan fingerprint density at radius 3 is 2.73 bits per heavy atom. The summed E-state index contributed by atoms with van der Waals surface area (Å²) >= 11 is 3.32. The minimum atomic E-state index is -0.115. The lowest BCUT2D eigenvalue weighted by Gasteiger charge is -2.41. The number of nitrogens with zero attached hydrogens (tertiary/aromatic N) is 4. The van der Waals surface area contributed by atoms with Gasteiger partial charge < -0.3 is 9.64 Å². The van der Waals surface area contributed by atoms with E-state index in [0.29, 0.717) is 5.92 Å². The smallest absolute Gasteiger partial charge is 0.217 e. The van der Waals surface area contributed by atoms with Crippen LogP contribution in [-0.2, 0) is 0 Å². The summed E-state index contributed by atoms with van der Waals surface area (Å²) in [7, 11) is 0. The molecule has 1 fully saturated rings. The van der Waals surface area contributed by atoms with Crippen LogP contribution in [0.25, 0.3) is 0 Å². The van der Waals surface area contributed by atoms with Crippen LogP contribution in [0, 0.1) is 0 Å². The Hall–Kier alpha value is -1.69. The maximum absolute atomic E-state index is 6.27. The summed E-state index contributed by atoms with van der Waals surface area (Å²) in [5, 5.41) is 0. The maximum atomic E-state index is 6.27. The summed E-state index contributed by atoms with van der Waals surface area (Å²) in [6.07, 6.45) is 7.31. The second-order valence-electron chi connectivity index (χ2n) is 5.97. The van der Waals surface area contributed by atoms with E-state index in [4.69, 9.17) is 4.74 Å². The van der Waals surface area contributed by atoms with Crippen LogP contribution in [0.2, 0.25) is 0 Å². The van der Waals surface area contributed by atoms with Crippen molar-refractivity contribution < 1.29 is 4.74 Å². The number of ether oxygens (including phenoxy) is 1. The molecule has 0 saturated carbocycles. The van der Waals surface area contributed by atoms with Crippen molar-refractivity contribution in [1.29, 1.82) is 0 Å². The van der Waals surface area contributed by atoms with Crippen molar-refractivity contribution in [3.05, 3.63) is 40.9 Å². The van der Waals surface area contributed by atoms with E-state index in [0.717, 1.165) is 42.2 Å². The van der Waals surface area contributed by atoms with Crippen LogP contribution in [0.3, 0.4) is 0 Å². The first-order chi connectivity index (χ1) is 10.7. The molecule has 0 amide bonds. The quantitative estimate of drug-likeness (QED) is 0.781. The van der Waals surface area contributed by atoms with E-state index < -0.39 is 0 Å². The highest BCUT2D eigenvalue weighted by atomic mass is 79.9. The van der Waals surface area contributed by atoms with Crippen LogP contribution in [0.5, 0.6) is 5.88 Å². The average molecular weight is 361 g/mol. The Kier molecular flexibility index (Phi) is 3.29. The van der Waals surface area contributed by atoms with Gasteiger partial charge in [0.15, 0.2) is 0 Å². The first-order valence-corrected chi connectivity index (χ1v) is 8.34. The number of fused-ring (bicyclic) bond motifs is 1. The number of halogens is 1. The van der Waals surface area contributed by atoms with Gasteiger partial charge in [0.05, 0.1) is 12.4 Å². The Balaban J connectivity index is 1.52. The van der Waals surface area contributed by atoms with Gasteiger partial charge in [-0.15, -0.1) is 0 Å². The maximum Gasteiger partial charge on any atom is 0.217 e. The normalized spacial score (nSPS) is 22.5. The van der Waals surface area contributed by atoms with Crippen molar-refractivity contribution in [2.24, 2.45) is 0 Å². The summed E-state index contributed by atoms with van der Waals surface area (Å²) in [4.78, 5) is 15.4. The van der Waals surface area contributed by atoms with Gasteiger partial charge in [0.2, 0.25) is 5.88 Å². The van der Waals surface area contributed by atoms with Crippen LogP contribution < -0.4 is 9.64 Å². The molecule has 0 aromatic carbocycles. The molecule has 2 aromatic heterocycles. The van der Waals surface area contributed by atoms with Gasteiger partial charge in [0.1, 0.15) is 16.0 Å². The van der Waals surface area contributed by atoms with Crippen molar-refractivity contribution in [2.75, 3.05) is 18.0 Å². The third kappa shape index (κ3) is 2.17. The fourth-order valence-corrected chi connectivity index (χ4v) is 3.71. The zero-order valence-corrected chi connectivity index (χ0v) is 14.0. The van der Waals surface area contributed by atoms with Crippen LogP contribution in [0.1, 0.15) is 31.2 Å². The topological polar surface area (TPSA) is 51.1 Å². The van der Waals surface area contributed by atoms with Gasteiger partial charge >= 0.3 is 0 Å². The van der Waals surface area contributed by atoms with Gasteiger partial charge in [-0.2, -0.15) is 0 Å². The molecule has 2 aromatic rings. The predicted octanol–water partition coefficient (Wildman–Crippen LogP) is 3.17. The van der Waals surface area contributed by atoms with E-state index in [1.54, 1.807) is 12.4 Å². The van der Waals surface area contributed by atoms with Gasteiger partial charge in [-0.1, -0.05) is 13.0 Å². The zero-order chi connectivity index (χ0) is 15.2. The highest BCUT2D eigenvalue weighted by Gasteiger charge is 2.48. The summed E-state index contributed by atoms with van der Waals surface area (Å²) in [5.41, 5.74) is 1.12. The van der Waals surface area contributed by atoms with Crippen LogP contribution in [0.15, 0.2) is 35.3 Å². The van der Waals surface area contributed by atoms with E-state index in [1.807, 2.05) is 12.3 Å². The molecular weight excluding hydrogens is 344 g/mol. The molecule has 5 nitrogen and oxygen atoms in total. The average Bonchev–Trinajstić information content (AvgIpc) is 2.82. The molecule has 1 saturated heterocycles. The fourth-order valence-electron chi connectivity index (χ4n) is 3.50. The fraction of sp³-hybridized carbons (Fsp3) is 0.438. The van der Waals surface area contributed by atoms with Crippen LogP contribution in [0.4, 0.5) is 5.82 Å². The Morgan fingerprint density at radius 2 is 2.05 bits per heavy atom. The molecule has 0 bridgehead atoms. The molecule has 0 N–H and O–H groups in total. The molecule has 4 heterocycles. The molecule has 0 radical (unpaired) electrons. The summed E-state index contributed by atoms with van der Waals surface area (Å²) in [5.74, 6) is 2.13. The Morgan fingerprint density at radius 1 is 1.23 bits per heavy atom. The lowest BCUT2D eigenvalue weighted by atomic mass is 9.79. The van der Waals surface area contributed by atoms with E-state index in [-0.39, 0.29) is 5.60 Å². The van der Waals surface area contributed by atoms with E-state index in [9.17, 15) is 0 Å². The second-order valence-corrected chi connectivity index (χ2v) is 6.78. The molecular formula is C16H17BrN4O. The molecule has 0 unspecified atom stereocenters. The lowest BCUT2D eigenvalue weighted by molar-refractivity contribution is 0.0430. The predicted molar refractivity (Wildman–Crippen MR) is 87.2 cm³/mol. The number of hydrogen-bond acceptors (Lipinski definition) is 5. The molecule has 1 spiro atoms. The number of rotatable bonds is 1.